The van der Waals surface area contributed by atoms with Crippen LogP contribution in [0.5, 0.6) is 0 Å². The first-order valence-corrected chi connectivity index (χ1v) is 8.14. The third-order valence-corrected chi connectivity index (χ3v) is 4.35. The number of aromatic nitrogens is 2. The summed E-state index contributed by atoms with van der Waals surface area (Å²) in [6, 6.07) is 7.37. The average molecular weight is 326 g/mol. The summed E-state index contributed by atoms with van der Waals surface area (Å²) in [4.78, 5) is 24.7. The first-order valence-electron chi connectivity index (χ1n) is 8.14. The molecule has 2 N–H and O–H groups in total. The van der Waals surface area contributed by atoms with Gasteiger partial charge in [-0.1, -0.05) is 12.1 Å². The summed E-state index contributed by atoms with van der Waals surface area (Å²) in [6.07, 6.45) is 2.30. The molecule has 1 aliphatic rings. The molecule has 0 radical (unpaired) electrons. The van der Waals surface area contributed by atoms with Crippen molar-refractivity contribution in [2.24, 2.45) is 7.05 Å². The number of carbonyl (C=O) groups excluding carboxylic acids is 2. The number of rotatable bonds is 5. The topological polar surface area (TPSA) is 76.0 Å². The minimum atomic E-state index is -0.152. The number of para-hydroxylation sites is 1. The number of aryl methyl sites for hydroxylation is 2. The van der Waals surface area contributed by atoms with Crippen molar-refractivity contribution >= 4 is 17.5 Å². The molecule has 1 saturated carbocycles. The van der Waals surface area contributed by atoms with Gasteiger partial charge in [0.05, 0.1) is 23.4 Å². The second-order valence-corrected chi connectivity index (χ2v) is 6.29. The van der Waals surface area contributed by atoms with Crippen LogP contribution in [0.15, 0.2) is 24.3 Å². The van der Waals surface area contributed by atoms with Crippen molar-refractivity contribution in [1.82, 2.24) is 15.1 Å². The van der Waals surface area contributed by atoms with Gasteiger partial charge in [0, 0.05) is 24.3 Å². The Hall–Kier alpha value is -2.63. The van der Waals surface area contributed by atoms with Crippen molar-refractivity contribution in [3.05, 3.63) is 46.8 Å². The van der Waals surface area contributed by atoms with Gasteiger partial charge in [0.15, 0.2) is 0 Å². The maximum Gasteiger partial charge on any atom is 0.253 e. The molecule has 3 rings (SSSR count). The maximum absolute atomic E-state index is 12.4. The minimum absolute atomic E-state index is 0.137. The zero-order valence-corrected chi connectivity index (χ0v) is 14.2. The number of carbonyl (C=O) groups is 2. The van der Waals surface area contributed by atoms with Gasteiger partial charge in [0.2, 0.25) is 5.91 Å². The minimum Gasteiger partial charge on any atom is -0.349 e. The van der Waals surface area contributed by atoms with E-state index in [1.54, 1.807) is 22.9 Å². The van der Waals surface area contributed by atoms with Gasteiger partial charge in [0.1, 0.15) is 0 Å². The van der Waals surface area contributed by atoms with Crippen LogP contribution in [-0.2, 0) is 18.3 Å². The molecule has 6 nitrogen and oxygen atoms in total. The van der Waals surface area contributed by atoms with Crippen LogP contribution < -0.4 is 10.6 Å². The average Bonchev–Trinajstić information content (AvgIpc) is 3.32. The van der Waals surface area contributed by atoms with E-state index in [9.17, 15) is 9.59 Å². The number of hydrogen-bond donors (Lipinski definition) is 2. The number of anilines is 1. The molecule has 6 heteroatoms. The fraction of sp³-hybridized carbons (Fsp3) is 0.389. The van der Waals surface area contributed by atoms with Gasteiger partial charge in [-0.2, -0.15) is 5.10 Å². The second kappa shape index (κ2) is 6.47. The van der Waals surface area contributed by atoms with Crippen LogP contribution in [0.1, 0.15) is 40.2 Å². The predicted molar refractivity (Wildman–Crippen MR) is 91.9 cm³/mol. The molecule has 2 amide bonds. The Morgan fingerprint density at radius 3 is 2.58 bits per heavy atom. The highest BCUT2D eigenvalue weighted by Gasteiger charge is 2.25. The van der Waals surface area contributed by atoms with Crippen LogP contribution in [0.2, 0.25) is 0 Å². The Labute approximate surface area is 141 Å². The lowest BCUT2D eigenvalue weighted by atomic mass is 10.1. The van der Waals surface area contributed by atoms with Crippen molar-refractivity contribution in [1.29, 1.82) is 0 Å². The molecule has 1 aromatic carbocycles. The predicted octanol–water partition coefficient (Wildman–Crippen LogP) is 2.11. The van der Waals surface area contributed by atoms with Crippen LogP contribution in [0.4, 0.5) is 5.69 Å². The highest BCUT2D eigenvalue weighted by Crippen LogP contribution is 2.22. The van der Waals surface area contributed by atoms with Gasteiger partial charge < -0.3 is 10.6 Å². The molecule has 0 unspecified atom stereocenters. The SMILES string of the molecule is Cc1nn(C)c(C)c1CC(=O)Nc1ccccc1C(=O)NC1CC1. The Bertz CT molecular complexity index is 790. The lowest BCUT2D eigenvalue weighted by molar-refractivity contribution is -0.115. The molecule has 1 heterocycles. The summed E-state index contributed by atoms with van der Waals surface area (Å²) in [5.41, 5.74) is 3.79. The van der Waals surface area contributed by atoms with Crippen LogP contribution in [0, 0.1) is 13.8 Å². The molecule has 1 aromatic heterocycles. The molecular weight excluding hydrogens is 304 g/mol. The number of benzene rings is 1. The highest BCUT2D eigenvalue weighted by molar-refractivity contribution is 6.04. The third-order valence-electron chi connectivity index (χ3n) is 4.35. The van der Waals surface area contributed by atoms with E-state index < -0.39 is 0 Å². The van der Waals surface area contributed by atoms with Gasteiger partial charge in [-0.25, -0.2) is 0 Å². The largest absolute Gasteiger partial charge is 0.349 e. The number of hydrogen-bond acceptors (Lipinski definition) is 3. The zero-order chi connectivity index (χ0) is 17.3. The lowest BCUT2D eigenvalue weighted by Gasteiger charge is -2.11. The van der Waals surface area contributed by atoms with Crippen molar-refractivity contribution in [3.8, 4) is 0 Å². The molecule has 0 bridgehead atoms. The fourth-order valence-corrected chi connectivity index (χ4v) is 2.71. The number of amides is 2. The fourth-order valence-electron chi connectivity index (χ4n) is 2.71. The smallest absolute Gasteiger partial charge is 0.253 e. The maximum atomic E-state index is 12.4. The van der Waals surface area contributed by atoms with Crippen LogP contribution in [0.25, 0.3) is 0 Å². The molecule has 0 aliphatic heterocycles. The normalized spacial score (nSPS) is 13.6. The summed E-state index contributed by atoms with van der Waals surface area (Å²) >= 11 is 0. The van der Waals surface area contributed by atoms with E-state index in [0.29, 0.717) is 11.3 Å². The van der Waals surface area contributed by atoms with Gasteiger partial charge in [-0.15, -0.1) is 0 Å². The Balaban J connectivity index is 1.73. The summed E-state index contributed by atoms with van der Waals surface area (Å²) in [6.45, 7) is 3.84. The van der Waals surface area contributed by atoms with E-state index in [0.717, 1.165) is 29.8 Å². The molecule has 1 aliphatic carbocycles. The molecule has 0 spiro atoms. The lowest BCUT2D eigenvalue weighted by Crippen LogP contribution is -2.27. The molecule has 1 fully saturated rings. The molecule has 126 valence electrons. The summed E-state index contributed by atoms with van der Waals surface area (Å²) in [5.74, 6) is -0.289. The van der Waals surface area contributed by atoms with Crippen LogP contribution in [0.3, 0.4) is 0 Å². The molecule has 24 heavy (non-hydrogen) atoms. The summed E-state index contributed by atoms with van der Waals surface area (Å²) in [5, 5.41) is 10.1. The van der Waals surface area contributed by atoms with Crippen molar-refractivity contribution in [3.63, 3.8) is 0 Å². The zero-order valence-electron chi connectivity index (χ0n) is 14.2. The van der Waals surface area contributed by atoms with E-state index in [-0.39, 0.29) is 24.3 Å². The molecule has 2 aromatic rings. The van der Waals surface area contributed by atoms with Gasteiger partial charge in [-0.3, -0.25) is 14.3 Å². The third kappa shape index (κ3) is 3.48. The Morgan fingerprint density at radius 2 is 1.96 bits per heavy atom. The van der Waals surface area contributed by atoms with Crippen molar-refractivity contribution in [2.75, 3.05) is 5.32 Å². The van der Waals surface area contributed by atoms with Gasteiger partial charge >= 0.3 is 0 Å². The van der Waals surface area contributed by atoms with Gasteiger partial charge in [0.25, 0.3) is 5.91 Å². The standard InChI is InChI=1S/C18H22N4O2/c1-11-15(12(2)22(3)21-11)10-17(23)20-16-7-5-4-6-14(16)18(24)19-13-8-9-13/h4-7,13H,8-10H2,1-3H3,(H,19,24)(H,20,23). The Kier molecular flexibility index (Phi) is 4.38. The van der Waals surface area contributed by atoms with Crippen LogP contribution >= 0.6 is 0 Å². The first kappa shape index (κ1) is 16.2. The highest BCUT2D eigenvalue weighted by atomic mass is 16.2. The number of nitrogens with one attached hydrogen (secondary N) is 2. The summed E-state index contributed by atoms with van der Waals surface area (Å²) < 4.78 is 1.77. The van der Waals surface area contributed by atoms with Crippen LogP contribution in [-0.4, -0.2) is 27.6 Å². The van der Waals surface area contributed by atoms with Crippen molar-refractivity contribution < 1.29 is 9.59 Å². The first-order chi connectivity index (χ1) is 11.5. The van der Waals surface area contributed by atoms with E-state index >= 15 is 0 Å². The molecule has 0 atom stereocenters. The number of nitrogens with zero attached hydrogens (tertiary/aromatic N) is 2. The molecule has 0 saturated heterocycles. The second-order valence-electron chi connectivity index (χ2n) is 6.29. The van der Waals surface area contributed by atoms with Crippen molar-refractivity contribution in [2.45, 2.75) is 39.2 Å². The van der Waals surface area contributed by atoms with E-state index in [4.69, 9.17) is 0 Å². The van der Waals surface area contributed by atoms with E-state index in [1.807, 2.05) is 27.0 Å². The van der Waals surface area contributed by atoms with E-state index in [1.165, 1.54) is 0 Å². The quantitative estimate of drug-likeness (QED) is 0.883. The molecular formula is C18H22N4O2. The Morgan fingerprint density at radius 1 is 1.25 bits per heavy atom. The summed E-state index contributed by atoms with van der Waals surface area (Å²) in [7, 11) is 1.86. The van der Waals surface area contributed by atoms with E-state index in [2.05, 4.69) is 15.7 Å². The van der Waals surface area contributed by atoms with Gasteiger partial charge in [-0.05, 0) is 38.8 Å². The monoisotopic (exact) mass is 326 g/mol.